The van der Waals surface area contributed by atoms with Crippen molar-refractivity contribution in [2.45, 2.75) is 65.1 Å². The molecule has 0 saturated heterocycles. The molecule has 4 unspecified atom stereocenters. The number of carbonyl (C=O) groups is 4. The molecule has 0 radical (unpaired) electrons. The van der Waals surface area contributed by atoms with Gasteiger partial charge in [-0.3, -0.25) is 14.4 Å². The van der Waals surface area contributed by atoms with Gasteiger partial charge in [0, 0.05) is 17.1 Å². The van der Waals surface area contributed by atoms with Gasteiger partial charge in [0.2, 0.25) is 17.7 Å². The summed E-state index contributed by atoms with van der Waals surface area (Å²) >= 11 is 0. The van der Waals surface area contributed by atoms with E-state index < -0.39 is 41.8 Å². The number of nitrogens with two attached hydrogens (primary N) is 1. The minimum atomic E-state index is -1.13. The number of carbonyl (C=O) groups excluding carboxylic acids is 3. The molecule has 2 rings (SSSR count). The summed E-state index contributed by atoms with van der Waals surface area (Å²) in [6.45, 7) is 7.01. The second kappa shape index (κ2) is 12.9. The summed E-state index contributed by atoms with van der Waals surface area (Å²) in [6, 6.07) is 4.85. The molecule has 1 aromatic carbocycles. The lowest BCUT2D eigenvalue weighted by Crippen LogP contribution is -2.55. The first-order chi connectivity index (χ1) is 16.5. The fourth-order valence-corrected chi connectivity index (χ4v) is 3.81. The van der Waals surface area contributed by atoms with Crippen LogP contribution in [0.25, 0.3) is 10.9 Å². The number of aromatic amines is 1. The van der Waals surface area contributed by atoms with Crippen LogP contribution in [0.15, 0.2) is 30.5 Å². The van der Waals surface area contributed by atoms with Crippen LogP contribution in [0.2, 0.25) is 0 Å². The molecule has 1 aromatic heterocycles. The molecule has 0 fully saturated rings. The van der Waals surface area contributed by atoms with Gasteiger partial charge in [0.15, 0.2) is 0 Å². The van der Waals surface area contributed by atoms with E-state index in [0.717, 1.165) is 16.5 Å². The van der Waals surface area contributed by atoms with Crippen LogP contribution in [0.4, 0.5) is 0 Å². The highest BCUT2D eigenvalue weighted by Gasteiger charge is 2.30. The molecule has 0 spiro atoms. The van der Waals surface area contributed by atoms with E-state index in [-0.39, 0.29) is 18.4 Å². The van der Waals surface area contributed by atoms with Crippen LogP contribution < -0.4 is 21.7 Å². The van der Waals surface area contributed by atoms with E-state index in [1.54, 1.807) is 6.92 Å². The Bertz CT molecular complexity index is 1030. The van der Waals surface area contributed by atoms with E-state index in [2.05, 4.69) is 20.9 Å². The maximum atomic E-state index is 12.8. The lowest BCUT2D eigenvalue weighted by Gasteiger charge is -2.25. The molecular weight excluding hydrogens is 450 g/mol. The summed E-state index contributed by atoms with van der Waals surface area (Å²) in [5.41, 5.74) is 7.89. The first-order valence-corrected chi connectivity index (χ1v) is 11.9. The van der Waals surface area contributed by atoms with E-state index in [9.17, 15) is 24.3 Å². The van der Waals surface area contributed by atoms with E-state index >= 15 is 0 Å². The van der Waals surface area contributed by atoms with Gasteiger partial charge >= 0.3 is 5.97 Å². The van der Waals surface area contributed by atoms with E-state index in [1.165, 1.54) is 0 Å². The number of carboxylic acid groups (broad SMARTS) is 1. The van der Waals surface area contributed by atoms with Crippen LogP contribution in [0.1, 0.15) is 46.1 Å². The lowest BCUT2D eigenvalue weighted by atomic mass is 9.97. The predicted octanol–water partition coefficient (Wildman–Crippen LogP) is 1.30. The zero-order chi connectivity index (χ0) is 26.1. The summed E-state index contributed by atoms with van der Waals surface area (Å²) in [6.07, 6.45) is 2.99. The minimum absolute atomic E-state index is 0.0668. The summed E-state index contributed by atoms with van der Waals surface area (Å²) in [7, 11) is 0. The van der Waals surface area contributed by atoms with Gasteiger partial charge in [-0.15, -0.1) is 0 Å². The van der Waals surface area contributed by atoms with E-state index in [4.69, 9.17) is 5.73 Å². The first-order valence-electron chi connectivity index (χ1n) is 11.9. The number of aliphatic carboxylic acids is 1. The quantitative estimate of drug-likeness (QED) is 0.249. The molecule has 0 saturated carbocycles. The number of benzene rings is 1. The SMILES string of the molecule is CCC(C)C(NC(=O)C(CC(C)C)NC(=O)CNC(=O)C(N)Cc1c[nH]c2ccccc12)C(=O)O. The molecule has 35 heavy (non-hydrogen) atoms. The van der Waals surface area contributed by atoms with Crippen molar-refractivity contribution in [1.29, 1.82) is 0 Å². The number of aromatic nitrogens is 1. The average Bonchev–Trinajstić information content (AvgIpc) is 3.22. The molecular formula is C25H37N5O5. The van der Waals surface area contributed by atoms with Gasteiger partial charge in [-0.25, -0.2) is 4.79 Å². The monoisotopic (exact) mass is 487 g/mol. The summed E-state index contributed by atoms with van der Waals surface area (Å²) in [5, 5.41) is 18.1. The predicted molar refractivity (Wildman–Crippen MR) is 133 cm³/mol. The number of carboxylic acids is 1. The van der Waals surface area contributed by atoms with Crippen LogP contribution in [0, 0.1) is 11.8 Å². The highest BCUT2D eigenvalue weighted by Crippen LogP contribution is 2.18. The molecule has 0 aliphatic carbocycles. The Morgan fingerprint density at radius 3 is 2.37 bits per heavy atom. The zero-order valence-electron chi connectivity index (χ0n) is 20.8. The highest BCUT2D eigenvalue weighted by atomic mass is 16.4. The van der Waals surface area contributed by atoms with Crippen LogP contribution in [0.5, 0.6) is 0 Å². The van der Waals surface area contributed by atoms with Crippen molar-refractivity contribution in [2.75, 3.05) is 6.54 Å². The van der Waals surface area contributed by atoms with Crippen molar-refractivity contribution < 1.29 is 24.3 Å². The molecule has 1 heterocycles. The smallest absolute Gasteiger partial charge is 0.326 e. The minimum Gasteiger partial charge on any atom is -0.480 e. The number of rotatable bonds is 13. The van der Waals surface area contributed by atoms with Crippen molar-refractivity contribution in [3.05, 3.63) is 36.0 Å². The Morgan fingerprint density at radius 2 is 1.74 bits per heavy atom. The number of amides is 3. The second-order valence-corrected chi connectivity index (χ2v) is 9.35. The fraction of sp³-hybridized carbons (Fsp3) is 0.520. The maximum absolute atomic E-state index is 12.8. The first kappa shape index (κ1) is 27.8. The van der Waals surface area contributed by atoms with Crippen molar-refractivity contribution >= 4 is 34.6 Å². The van der Waals surface area contributed by atoms with Gasteiger partial charge in [-0.1, -0.05) is 52.3 Å². The van der Waals surface area contributed by atoms with Gasteiger partial charge in [-0.05, 0) is 36.3 Å². The van der Waals surface area contributed by atoms with Gasteiger partial charge in [-0.2, -0.15) is 0 Å². The average molecular weight is 488 g/mol. The third-order valence-electron chi connectivity index (χ3n) is 6.01. The maximum Gasteiger partial charge on any atom is 0.326 e. The number of H-pyrrole nitrogens is 1. The Balaban J connectivity index is 1.93. The molecule has 192 valence electrons. The normalized spacial score (nSPS) is 14.7. The second-order valence-electron chi connectivity index (χ2n) is 9.35. The van der Waals surface area contributed by atoms with Crippen molar-refractivity contribution in [3.8, 4) is 0 Å². The zero-order valence-corrected chi connectivity index (χ0v) is 20.8. The largest absolute Gasteiger partial charge is 0.480 e. The van der Waals surface area contributed by atoms with Gasteiger partial charge in [0.05, 0.1) is 12.6 Å². The van der Waals surface area contributed by atoms with E-state index in [0.29, 0.717) is 19.3 Å². The van der Waals surface area contributed by atoms with Crippen LogP contribution in [-0.4, -0.2) is 58.5 Å². The van der Waals surface area contributed by atoms with Gasteiger partial charge < -0.3 is 31.8 Å². The van der Waals surface area contributed by atoms with Crippen LogP contribution in [-0.2, 0) is 25.6 Å². The molecule has 3 amide bonds. The highest BCUT2D eigenvalue weighted by molar-refractivity contribution is 5.93. The Morgan fingerprint density at radius 1 is 1.06 bits per heavy atom. The lowest BCUT2D eigenvalue weighted by molar-refractivity contribution is -0.143. The van der Waals surface area contributed by atoms with Crippen LogP contribution >= 0.6 is 0 Å². The molecule has 7 N–H and O–H groups in total. The summed E-state index contributed by atoms with van der Waals surface area (Å²) in [4.78, 5) is 52.4. The van der Waals surface area contributed by atoms with Crippen molar-refractivity contribution in [1.82, 2.24) is 20.9 Å². The summed E-state index contributed by atoms with van der Waals surface area (Å²) in [5.74, 6) is -2.95. The molecule has 2 aromatic rings. The number of fused-ring (bicyclic) bond motifs is 1. The molecule has 4 atom stereocenters. The molecule has 0 aliphatic rings. The summed E-state index contributed by atoms with van der Waals surface area (Å²) < 4.78 is 0. The topological polar surface area (TPSA) is 166 Å². The van der Waals surface area contributed by atoms with Gasteiger partial charge in [0.1, 0.15) is 12.1 Å². The van der Waals surface area contributed by atoms with Crippen LogP contribution in [0.3, 0.4) is 0 Å². The van der Waals surface area contributed by atoms with Crippen molar-refractivity contribution in [3.63, 3.8) is 0 Å². The standard InChI is InChI=1S/C25H37N5O5/c1-5-15(4)22(25(34)35)30-24(33)20(10-14(2)3)29-21(31)13-28-23(32)18(26)11-16-12-27-19-9-7-6-8-17(16)19/h6-9,12,14-15,18,20,22,27H,5,10-11,13,26H2,1-4H3,(H,28,32)(H,29,31)(H,30,33)(H,34,35). The number of nitrogens with one attached hydrogen (secondary N) is 4. The Hall–Kier alpha value is -3.40. The number of hydrogen-bond acceptors (Lipinski definition) is 5. The van der Waals surface area contributed by atoms with Gasteiger partial charge in [0.25, 0.3) is 0 Å². The van der Waals surface area contributed by atoms with E-state index in [1.807, 2.05) is 51.2 Å². The Kier molecular flexibility index (Phi) is 10.3. The third kappa shape index (κ3) is 8.10. The number of para-hydroxylation sites is 1. The molecule has 10 nitrogen and oxygen atoms in total. The molecule has 0 bridgehead atoms. The van der Waals surface area contributed by atoms with Crippen molar-refractivity contribution in [2.24, 2.45) is 17.6 Å². The third-order valence-corrected chi connectivity index (χ3v) is 6.01. The Labute approximate surface area is 205 Å². The fourth-order valence-electron chi connectivity index (χ4n) is 3.81. The molecule has 10 heteroatoms. The molecule has 0 aliphatic heterocycles. The number of hydrogen-bond donors (Lipinski definition) is 6.